The summed E-state index contributed by atoms with van der Waals surface area (Å²) < 4.78 is 5.13. The molecule has 0 aromatic heterocycles. The third-order valence-corrected chi connectivity index (χ3v) is 5.13. The predicted octanol–water partition coefficient (Wildman–Crippen LogP) is 3.36. The molecule has 1 atom stereocenters. The maximum Gasteiger partial charge on any atom is 0.317 e. The molecule has 0 aliphatic carbocycles. The predicted molar refractivity (Wildman–Crippen MR) is 101 cm³/mol. The first-order valence-electron chi connectivity index (χ1n) is 9.01. The topological polar surface area (TPSA) is 78.9 Å². The van der Waals surface area contributed by atoms with Crippen LogP contribution in [-0.4, -0.2) is 55.4 Å². The molecule has 1 saturated heterocycles. The first kappa shape index (κ1) is 20.5. The van der Waals surface area contributed by atoms with Crippen LogP contribution in [0.1, 0.15) is 37.2 Å². The number of nitrogens with one attached hydrogen (secondary N) is 1. The molecule has 6 nitrogen and oxygen atoms in total. The molecule has 1 aromatic carbocycles. The summed E-state index contributed by atoms with van der Waals surface area (Å²) in [6.07, 6.45) is 2.83. The molecule has 2 N–H and O–H groups in total. The van der Waals surface area contributed by atoms with Crippen molar-refractivity contribution in [2.45, 2.75) is 31.6 Å². The van der Waals surface area contributed by atoms with Crippen molar-refractivity contribution in [1.82, 2.24) is 10.2 Å². The molecule has 0 saturated carbocycles. The Morgan fingerprint density at radius 3 is 2.54 bits per heavy atom. The number of carboxylic acid groups (broad SMARTS) is 1. The van der Waals surface area contributed by atoms with Crippen LogP contribution < -0.4 is 5.32 Å². The number of hydrogen-bond donors (Lipinski definition) is 2. The van der Waals surface area contributed by atoms with Crippen LogP contribution in [0.25, 0.3) is 0 Å². The zero-order chi connectivity index (χ0) is 18.9. The molecule has 26 heavy (non-hydrogen) atoms. The number of benzene rings is 1. The van der Waals surface area contributed by atoms with Crippen LogP contribution in [0.5, 0.6) is 0 Å². The lowest BCUT2D eigenvalue weighted by molar-refractivity contribution is -0.143. The van der Waals surface area contributed by atoms with Crippen molar-refractivity contribution < 1.29 is 19.4 Å². The van der Waals surface area contributed by atoms with Gasteiger partial charge in [0.1, 0.15) is 0 Å². The van der Waals surface area contributed by atoms with Crippen LogP contribution in [0.4, 0.5) is 4.79 Å². The van der Waals surface area contributed by atoms with Crippen LogP contribution in [-0.2, 0) is 9.53 Å². The van der Waals surface area contributed by atoms with Gasteiger partial charge < -0.3 is 20.1 Å². The lowest BCUT2D eigenvalue weighted by atomic mass is 9.94. The zero-order valence-corrected chi connectivity index (χ0v) is 15.9. The molecule has 1 aliphatic rings. The van der Waals surface area contributed by atoms with Crippen molar-refractivity contribution in [2.75, 3.05) is 33.4 Å². The Morgan fingerprint density at radius 1 is 1.31 bits per heavy atom. The van der Waals surface area contributed by atoms with E-state index in [9.17, 15) is 9.59 Å². The number of urea groups is 1. The van der Waals surface area contributed by atoms with E-state index in [1.807, 2.05) is 24.3 Å². The smallest absolute Gasteiger partial charge is 0.317 e. The molecule has 144 valence electrons. The molecule has 0 bridgehead atoms. The summed E-state index contributed by atoms with van der Waals surface area (Å²) in [6.45, 7) is 2.18. The van der Waals surface area contributed by atoms with Gasteiger partial charge in [-0.05, 0) is 43.4 Å². The van der Waals surface area contributed by atoms with E-state index in [0.29, 0.717) is 44.1 Å². The van der Waals surface area contributed by atoms with Crippen molar-refractivity contribution in [1.29, 1.82) is 0 Å². The molecule has 0 radical (unpaired) electrons. The molecule has 2 amide bonds. The number of aliphatic carboxylic acids is 1. The van der Waals surface area contributed by atoms with Crippen LogP contribution in [0, 0.1) is 5.92 Å². The molecule has 7 heteroatoms. The number of amides is 2. The summed E-state index contributed by atoms with van der Waals surface area (Å²) in [5, 5.41) is 12.7. The minimum Gasteiger partial charge on any atom is -0.481 e. The summed E-state index contributed by atoms with van der Waals surface area (Å²) in [6, 6.07) is 7.58. The largest absolute Gasteiger partial charge is 0.481 e. The second kappa shape index (κ2) is 10.4. The second-order valence-corrected chi connectivity index (χ2v) is 7.11. The highest BCUT2D eigenvalue weighted by Crippen LogP contribution is 2.23. The number of nitrogens with zero attached hydrogens (tertiary/aromatic N) is 1. The average molecular weight is 383 g/mol. The van der Waals surface area contributed by atoms with E-state index < -0.39 is 5.97 Å². The molecule has 1 aliphatic heterocycles. The summed E-state index contributed by atoms with van der Waals surface area (Å²) in [5.74, 6) is -0.927. The lowest BCUT2D eigenvalue weighted by Gasteiger charge is -2.30. The number of ether oxygens (including phenoxy) is 1. The van der Waals surface area contributed by atoms with Gasteiger partial charge in [-0.1, -0.05) is 23.7 Å². The van der Waals surface area contributed by atoms with E-state index >= 15 is 0 Å². The van der Waals surface area contributed by atoms with Crippen LogP contribution in [0.15, 0.2) is 24.3 Å². The molecule has 1 unspecified atom stereocenters. The van der Waals surface area contributed by atoms with Gasteiger partial charge >= 0.3 is 12.0 Å². The number of carbonyl (C=O) groups excluding carboxylic acids is 1. The number of rotatable bonds is 8. The van der Waals surface area contributed by atoms with Gasteiger partial charge in [0, 0.05) is 44.3 Å². The molecular formula is C19H27ClN2O4. The van der Waals surface area contributed by atoms with Crippen molar-refractivity contribution in [3.8, 4) is 0 Å². The van der Waals surface area contributed by atoms with Crippen molar-refractivity contribution in [3.63, 3.8) is 0 Å². The van der Waals surface area contributed by atoms with Gasteiger partial charge in [0.2, 0.25) is 0 Å². The van der Waals surface area contributed by atoms with Gasteiger partial charge in [-0.2, -0.15) is 0 Å². The molecule has 0 spiro atoms. The third-order valence-electron chi connectivity index (χ3n) is 4.87. The highest BCUT2D eigenvalue weighted by atomic mass is 35.5. The Kier molecular flexibility index (Phi) is 8.19. The quantitative estimate of drug-likeness (QED) is 0.676. The lowest BCUT2D eigenvalue weighted by Crippen LogP contribution is -2.46. The number of hydrogen-bond acceptors (Lipinski definition) is 3. The fourth-order valence-electron chi connectivity index (χ4n) is 3.25. The fraction of sp³-hybridized carbons (Fsp3) is 0.579. The minimum atomic E-state index is -0.772. The maximum atomic E-state index is 12.4. The molecule has 1 heterocycles. The van der Waals surface area contributed by atoms with Gasteiger partial charge in [0.25, 0.3) is 0 Å². The fourth-order valence-corrected chi connectivity index (χ4v) is 3.37. The van der Waals surface area contributed by atoms with E-state index in [-0.39, 0.29) is 17.9 Å². The van der Waals surface area contributed by atoms with Crippen LogP contribution in [0.2, 0.25) is 5.02 Å². The van der Waals surface area contributed by atoms with E-state index in [1.54, 1.807) is 12.0 Å². The van der Waals surface area contributed by atoms with Crippen molar-refractivity contribution in [3.05, 3.63) is 34.9 Å². The van der Waals surface area contributed by atoms with Gasteiger partial charge in [0.15, 0.2) is 0 Å². The van der Waals surface area contributed by atoms with E-state index in [4.69, 9.17) is 21.4 Å². The summed E-state index contributed by atoms with van der Waals surface area (Å²) >= 11 is 5.97. The van der Waals surface area contributed by atoms with E-state index in [1.165, 1.54) is 0 Å². The third kappa shape index (κ3) is 6.18. The highest BCUT2D eigenvalue weighted by molar-refractivity contribution is 6.30. The molecule has 1 aromatic rings. The Morgan fingerprint density at radius 2 is 1.96 bits per heavy atom. The van der Waals surface area contributed by atoms with Crippen LogP contribution >= 0.6 is 11.6 Å². The number of carboxylic acids is 1. The average Bonchev–Trinajstić information content (AvgIpc) is 2.65. The first-order valence-corrected chi connectivity index (χ1v) is 9.39. The van der Waals surface area contributed by atoms with E-state index in [0.717, 1.165) is 18.4 Å². The standard InChI is InChI=1S/C19H27ClN2O4/c1-26-12-2-3-16(14-4-6-17(20)7-5-14)13-21-19(25)22-10-8-15(9-11-22)18(23)24/h4-7,15-16H,2-3,8-13H2,1H3,(H,21,25)(H,23,24). The van der Waals surface area contributed by atoms with Gasteiger partial charge in [-0.15, -0.1) is 0 Å². The molecule has 1 fully saturated rings. The van der Waals surface area contributed by atoms with Crippen molar-refractivity contribution >= 4 is 23.6 Å². The Bertz CT molecular complexity index is 586. The minimum absolute atomic E-state index is 0.125. The van der Waals surface area contributed by atoms with Gasteiger partial charge in [-0.3, -0.25) is 4.79 Å². The number of carbonyl (C=O) groups is 2. The Labute approximate surface area is 159 Å². The van der Waals surface area contributed by atoms with Crippen LogP contribution in [0.3, 0.4) is 0 Å². The first-order chi connectivity index (χ1) is 12.5. The molecular weight excluding hydrogens is 356 g/mol. The summed E-state index contributed by atoms with van der Waals surface area (Å²) in [7, 11) is 1.68. The maximum absolute atomic E-state index is 12.4. The SMILES string of the molecule is COCCCC(CNC(=O)N1CCC(C(=O)O)CC1)c1ccc(Cl)cc1. The normalized spacial score (nSPS) is 16.3. The Hall–Kier alpha value is -1.79. The number of likely N-dealkylation sites (tertiary alicyclic amines) is 1. The number of halogens is 1. The second-order valence-electron chi connectivity index (χ2n) is 6.67. The highest BCUT2D eigenvalue weighted by Gasteiger charge is 2.27. The van der Waals surface area contributed by atoms with Crippen molar-refractivity contribution in [2.24, 2.45) is 5.92 Å². The zero-order valence-electron chi connectivity index (χ0n) is 15.1. The van der Waals surface area contributed by atoms with E-state index in [2.05, 4.69) is 5.32 Å². The van der Waals surface area contributed by atoms with Gasteiger partial charge in [-0.25, -0.2) is 4.79 Å². The molecule has 2 rings (SSSR count). The summed E-state index contributed by atoms with van der Waals surface area (Å²) in [5.41, 5.74) is 1.13. The summed E-state index contributed by atoms with van der Waals surface area (Å²) in [4.78, 5) is 25.1. The number of methoxy groups -OCH3 is 1. The van der Waals surface area contributed by atoms with Gasteiger partial charge in [0.05, 0.1) is 5.92 Å². The number of piperidine rings is 1. The Balaban J connectivity index is 1.88. The monoisotopic (exact) mass is 382 g/mol.